The number of nitrogens with one attached hydrogen (secondary N) is 1. The molecule has 0 aromatic heterocycles. The van der Waals surface area contributed by atoms with Crippen LogP contribution in [0.3, 0.4) is 0 Å². The molecule has 1 atom stereocenters. The third-order valence-corrected chi connectivity index (χ3v) is 6.27. The van der Waals surface area contributed by atoms with Gasteiger partial charge in [0.15, 0.2) is 17.3 Å². The molecule has 0 bridgehead atoms. The van der Waals surface area contributed by atoms with Crippen LogP contribution in [0.1, 0.15) is 43.2 Å². The van der Waals surface area contributed by atoms with Crippen LogP contribution in [0.15, 0.2) is 71.1 Å². The van der Waals surface area contributed by atoms with Crippen molar-refractivity contribution in [3.8, 4) is 11.5 Å². The van der Waals surface area contributed by atoms with Crippen molar-refractivity contribution in [1.82, 2.24) is 5.32 Å². The number of methoxy groups -OCH3 is 2. The van der Waals surface area contributed by atoms with Crippen molar-refractivity contribution >= 4 is 11.8 Å². The van der Waals surface area contributed by atoms with Crippen LogP contribution in [-0.2, 0) is 25.7 Å². The summed E-state index contributed by atoms with van der Waals surface area (Å²) in [6.45, 7) is 2.67. The molecular weight excluding hydrogens is 446 g/mol. The van der Waals surface area contributed by atoms with Crippen LogP contribution in [0.25, 0.3) is 0 Å². The van der Waals surface area contributed by atoms with Gasteiger partial charge < -0.3 is 24.3 Å². The highest BCUT2D eigenvalue weighted by Gasteiger charge is 2.39. The number of hydrogen-bond acceptors (Lipinski definition) is 7. The van der Waals surface area contributed by atoms with E-state index in [-0.39, 0.29) is 12.4 Å². The van der Waals surface area contributed by atoms with Crippen LogP contribution in [0.2, 0.25) is 0 Å². The maximum atomic E-state index is 13.2. The van der Waals surface area contributed by atoms with E-state index in [4.69, 9.17) is 18.9 Å². The van der Waals surface area contributed by atoms with Gasteiger partial charge in [0.1, 0.15) is 13.2 Å². The van der Waals surface area contributed by atoms with Crippen molar-refractivity contribution in [2.45, 2.75) is 38.7 Å². The number of esters is 1. The van der Waals surface area contributed by atoms with Gasteiger partial charge in [-0.3, -0.25) is 4.79 Å². The maximum absolute atomic E-state index is 13.2. The quantitative estimate of drug-likeness (QED) is 0.423. The zero-order chi connectivity index (χ0) is 24.8. The number of carbonyl (C=O) groups excluding carboxylic acids is 2. The number of carbonyl (C=O) groups is 2. The predicted molar refractivity (Wildman–Crippen MR) is 131 cm³/mol. The minimum absolute atomic E-state index is 0.0433. The molecular formula is C28H31NO6. The Labute approximate surface area is 205 Å². The van der Waals surface area contributed by atoms with Crippen LogP contribution in [0.5, 0.6) is 11.5 Å². The second kappa shape index (κ2) is 11.2. The summed E-state index contributed by atoms with van der Waals surface area (Å²) in [4.78, 5) is 26.2. The third kappa shape index (κ3) is 5.41. The Morgan fingerprint density at radius 1 is 1.03 bits per heavy atom. The molecule has 1 heterocycles. The number of Topliss-reactive ketones (excluding diaryl/α,β-unsaturated/α-hetero) is 1. The summed E-state index contributed by atoms with van der Waals surface area (Å²) >= 11 is 0. The van der Waals surface area contributed by atoms with Gasteiger partial charge in [-0.15, -0.1) is 0 Å². The first-order valence-corrected chi connectivity index (χ1v) is 11.8. The molecule has 2 aromatic rings. The first kappa shape index (κ1) is 24.5. The lowest BCUT2D eigenvalue weighted by molar-refractivity contribution is -0.140. The van der Waals surface area contributed by atoms with E-state index < -0.39 is 11.9 Å². The average Bonchev–Trinajstić information content (AvgIpc) is 2.87. The number of dihydropyridines is 1. The van der Waals surface area contributed by atoms with Crippen LogP contribution in [0.4, 0.5) is 0 Å². The maximum Gasteiger partial charge on any atom is 0.336 e. The fraction of sp³-hybridized carbons (Fsp3) is 0.357. The van der Waals surface area contributed by atoms with Gasteiger partial charge in [0.25, 0.3) is 0 Å². The van der Waals surface area contributed by atoms with Gasteiger partial charge in [-0.25, -0.2) is 4.79 Å². The standard InChI is InChI=1S/C28H31NO6/c1-18-25(28(31)34-15-14-32-2)26(27-21(29-18)10-7-11-22(27)30)20-12-13-23(24(16-20)33-3)35-17-19-8-5-4-6-9-19/h4-6,8-9,12-13,16,26,29H,7,10-11,14-15,17H2,1-3H3/t26-/m1/s1. The average molecular weight is 478 g/mol. The summed E-state index contributed by atoms with van der Waals surface area (Å²) in [5, 5.41) is 3.30. The fourth-order valence-corrected chi connectivity index (χ4v) is 4.60. The second-order valence-corrected chi connectivity index (χ2v) is 8.58. The molecule has 1 aliphatic carbocycles. The molecule has 1 N–H and O–H groups in total. The summed E-state index contributed by atoms with van der Waals surface area (Å²) in [6.07, 6.45) is 2.00. The summed E-state index contributed by atoms with van der Waals surface area (Å²) in [6, 6.07) is 15.4. The van der Waals surface area contributed by atoms with E-state index in [2.05, 4.69) is 5.32 Å². The zero-order valence-electron chi connectivity index (χ0n) is 20.4. The van der Waals surface area contributed by atoms with E-state index >= 15 is 0 Å². The number of benzene rings is 2. The van der Waals surface area contributed by atoms with Crippen molar-refractivity contribution in [2.24, 2.45) is 0 Å². The predicted octanol–water partition coefficient (Wildman–Crippen LogP) is 4.43. The minimum Gasteiger partial charge on any atom is -0.493 e. The topological polar surface area (TPSA) is 83.1 Å². The molecule has 0 amide bonds. The van der Waals surface area contributed by atoms with Crippen molar-refractivity contribution in [3.63, 3.8) is 0 Å². The van der Waals surface area contributed by atoms with Crippen LogP contribution < -0.4 is 14.8 Å². The Balaban J connectivity index is 1.69. The second-order valence-electron chi connectivity index (χ2n) is 8.58. The minimum atomic E-state index is -0.550. The lowest BCUT2D eigenvalue weighted by Gasteiger charge is -2.34. The van der Waals surface area contributed by atoms with Crippen LogP contribution in [0, 0.1) is 0 Å². The molecule has 2 aliphatic rings. The molecule has 0 unspecified atom stereocenters. The van der Waals surface area contributed by atoms with Crippen molar-refractivity contribution in [1.29, 1.82) is 0 Å². The smallest absolute Gasteiger partial charge is 0.336 e. The first-order valence-electron chi connectivity index (χ1n) is 11.8. The SMILES string of the molecule is COCCOC(=O)C1=C(C)NC2=C(C(=O)CCC2)[C@@H]1c1ccc(OCc2ccccc2)c(OC)c1. The van der Waals surface area contributed by atoms with E-state index in [9.17, 15) is 9.59 Å². The molecule has 1 aliphatic heterocycles. The van der Waals surface area contributed by atoms with Gasteiger partial charge in [0.05, 0.1) is 19.3 Å². The number of ether oxygens (including phenoxy) is 4. The van der Waals surface area contributed by atoms with Gasteiger partial charge in [-0.1, -0.05) is 36.4 Å². The Hall–Kier alpha value is -3.58. The zero-order valence-corrected chi connectivity index (χ0v) is 20.4. The lowest BCUT2D eigenvalue weighted by Crippen LogP contribution is -2.34. The van der Waals surface area contributed by atoms with Crippen molar-refractivity contribution in [3.05, 3.63) is 82.2 Å². The summed E-state index contributed by atoms with van der Waals surface area (Å²) in [5.74, 6) is 0.147. The Bertz CT molecular complexity index is 1150. The summed E-state index contributed by atoms with van der Waals surface area (Å²) < 4.78 is 22.1. The van der Waals surface area contributed by atoms with Gasteiger partial charge in [0, 0.05) is 36.4 Å². The molecule has 7 heteroatoms. The molecule has 184 valence electrons. The monoisotopic (exact) mass is 477 g/mol. The van der Waals surface area contributed by atoms with E-state index in [1.54, 1.807) is 14.2 Å². The molecule has 0 fully saturated rings. The summed E-state index contributed by atoms with van der Waals surface area (Å²) in [7, 11) is 3.13. The number of hydrogen-bond donors (Lipinski definition) is 1. The van der Waals surface area contributed by atoms with E-state index in [0.717, 1.165) is 29.7 Å². The van der Waals surface area contributed by atoms with Gasteiger partial charge >= 0.3 is 5.97 Å². The number of rotatable bonds is 9. The van der Waals surface area contributed by atoms with E-state index in [0.29, 0.717) is 48.0 Å². The van der Waals surface area contributed by atoms with Gasteiger partial charge in [-0.2, -0.15) is 0 Å². The van der Waals surface area contributed by atoms with Crippen LogP contribution >= 0.6 is 0 Å². The van der Waals surface area contributed by atoms with Crippen molar-refractivity contribution < 1.29 is 28.5 Å². The highest BCUT2D eigenvalue weighted by atomic mass is 16.6. The highest BCUT2D eigenvalue weighted by Crippen LogP contribution is 2.44. The molecule has 4 rings (SSSR count). The molecule has 0 saturated heterocycles. The number of ketones is 1. The van der Waals surface area contributed by atoms with E-state index in [1.807, 2.05) is 55.5 Å². The third-order valence-electron chi connectivity index (χ3n) is 6.27. The van der Waals surface area contributed by atoms with Crippen LogP contribution in [-0.4, -0.2) is 39.2 Å². The molecule has 0 radical (unpaired) electrons. The Kier molecular flexibility index (Phi) is 7.87. The van der Waals surface area contributed by atoms with Gasteiger partial charge in [-0.05, 0) is 43.0 Å². The summed E-state index contributed by atoms with van der Waals surface area (Å²) in [5.41, 5.74) is 4.43. The lowest BCUT2D eigenvalue weighted by atomic mass is 9.75. The molecule has 2 aromatic carbocycles. The molecule has 35 heavy (non-hydrogen) atoms. The fourth-order valence-electron chi connectivity index (χ4n) is 4.60. The Morgan fingerprint density at radius 3 is 2.57 bits per heavy atom. The largest absolute Gasteiger partial charge is 0.493 e. The first-order chi connectivity index (χ1) is 17.0. The number of allylic oxidation sites excluding steroid dienone is 3. The molecule has 0 spiro atoms. The van der Waals surface area contributed by atoms with Crippen molar-refractivity contribution in [2.75, 3.05) is 27.4 Å². The normalized spacial score (nSPS) is 17.6. The molecule has 7 nitrogen and oxygen atoms in total. The van der Waals surface area contributed by atoms with Gasteiger partial charge in [0.2, 0.25) is 0 Å². The molecule has 0 saturated carbocycles. The highest BCUT2D eigenvalue weighted by molar-refractivity contribution is 6.03. The van der Waals surface area contributed by atoms with E-state index in [1.165, 1.54) is 0 Å². The Morgan fingerprint density at radius 2 is 1.83 bits per heavy atom.